The zero-order chi connectivity index (χ0) is 15.1. The van der Waals surface area contributed by atoms with Crippen molar-refractivity contribution < 1.29 is 14.7 Å². The lowest BCUT2D eigenvalue weighted by Crippen LogP contribution is -2.39. The molecule has 20 heavy (non-hydrogen) atoms. The van der Waals surface area contributed by atoms with Crippen LogP contribution in [-0.4, -0.2) is 53.5 Å². The van der Waals surface area contributed by atoms with Crippen molar-refractivity contribution in [3.05, 3.63) is 20.8 Å². The Balaban J connectivity index is 2.48. The molecule has 1 aromatic heterocycles. The number of carboxylic acid groups (broad SMARTS) is 1. The normalized spacial score (nSPS) is 10.8. The predicted octanol–water partition coefficient (Wildman–Crippen LogP) is 2.27. The molecule has 1 heterocycles. The van der Waals surface area contributed by atoms with E-state index in [1.54, 1.807) is 28.2 Å². The molecule has 0 aliphatic rings. The van der Waals surface area contributed by atoms with E-state index in [0.29, 0.717) is 19.6 Å². The van der Waals surface area contributed by atoms with Gasteiger partial charge in [-0.1, -0.05) is 0 Å². The van der Waals surface area contributed by atoms with Crippen molar-refractivity contribution in [2.45, 2.75) is 19.9 Å². The Morgan fingerprint density at radius 2 is 2.10 bits per heavy atom. The van der Waals surface area contributed by atoms with Gasteiger partial charge in [-0.15, -0.1) is 11.3 Å². The van der Waals surface area contributed by atoms with Crippen LogP contribution in [0.4, 0.5) is 0 Å². The van der Waals surface area contributed by atoms with Crippen LogP contribution in [0, 0.1) is 0 Å². The number of rotatable bonds is 8. The molecule has 112 valence electrons. The van der Waals surface area contributed by atoms with Crippen molar-refractivity contribution in [1.29, 1.82) is 0 Å². The fraction of sp³-hybridized carbons (Fsp3) is 0.538. The Morgan fingerprint density at radius 3 is 2.60 bits per heavy atom. The van der Waals surface area contributed by atoms with Gasteiger partial charge < -0.3 is 10.0 Å². The van der Waals surface area contributed by atoms with Crippen LogP contribution in [0.15, 0.2) is 15.9 Å². The summed E-state index contributed by atoms with van der Waals surface area (Å²) in [4.78, 5) is 27.3. The van der Waals surface area contributed by atoms with Gasteiger partial charge in [-0.3, -0.25) is 14.5 Å². The van der Waals surface area contributed by atoms with E-state index < -0.39 is 5.97 Å². The van der Waals surface area contributed by atoms with Crippen molar-refractivity contribution in [1.82, 2.24) is 9.80 Å². The van der Waals surface area contributed by atoms with Gasteiger partial charge in [0.2, 0.25) is 5.91 Å². The van der Waals surface area contributed by atoms with Crippen LogP contribution in [0.5, 0.6) is 0 Å². The Hall–Kier alpha value is -0.920. The molecular weight excluding hydrogens is 344 g/mol. The minimum absolute atomic E-state index is 0.0184. The number of nitrogens with zero attached hydrogens (tertiary/aromatic N) is 2. The van der Waals surface area contributed by atoms with Crippen molar-refractivity contribution in [2.24, 2.45) is 0 Å². The van der Waals surface area contributed by atoms with Gasteiger partial charge in [0.15, 0.2) is 0 Å². The number of likely N-dealkylation sites (N-methyl/N-ethyl adjacent to an activating group) is 2. The summed E-state index contributed by atoms with van der Waals surface area (Å²) in [6.07, 6.45) is 0.0494. The number of thiophene rings is 1. The third kappa shape index (κ3) is 6.02. The summed E-state index contributed by atoms with van der Waals surface area (Å²) in [5.41, 5.74) is 0. The number of hydrogen-bond acceptors (Lipinski definition) is 4. The molecule has 0 aliphatic heterocycles. The minimum Gasteiger partial charge on any atom is -0.481 e. The van der Waals surface area contributed by atoms with Crippen LogP contribution < -0.4 is 0 Å². The highest BCUT2D eigenvalue weighted by Gasteiger charge is 2.15. The highest BCUT2D eigenvalue weighted by atomic mass is 79.9. The fourth-order valence-electron chi connectivity index (χ4n) is 1.70. The van der Waals surface area contributed by atoms with Crippen LogP contribution in [0.25, 0.3) is 0 Å². The van der Waals surface area contributed by atoms with Gasteiger partial charge in [0.05, 0.1) is 23.3 Å². The number of carbonyl (C=O) groups is 2. The summed E-state index contributed by atoms with van der Waals surface area (Å²) >= 11 is 5.02. The summed E-state index contributed by atoms with van der Waals surface area (Å²) in [5.74, 6) is -0.829. The zero-order valence-electron chi connectivity index (χ0n) is 11.6. The first-order valence-corrected chi connectivity index (χ1v) is 7.95. The Kier molecular flexibility index (Phi) is 7.18. The molecule has 0 saturated heterocycles. The van der Waals surface area contributed by atoms with Crippen LogP contribution in [0.2, 0.25) is 0 Å². The highest BCUT2D eigenvalue weighted by Crippen LogP contribution is 2.23. The number of amides is 1. The molecule has 1 N–H and O–H groups in total. The first kappa shape index (κ1) is 17.1. The average molecular weight is 363 g/mol. The molecule has 7 heteroatoms. The van der Waals surface area contributed by atoms with E-state index in [0.717, 1.165) is 8.66 Å². The van der Waals surface area contributed by atoms with Crippen molar-refractivity contribution in [3.8, 4) is 0 Å². The molecule has 0 radical (unpaired) electrons. The van der Waals surface area contributed by atoms with Crippen molar-refractivity contribution in [2.75, 3.05) is 26.7 Å². The van der Waals surface area contributed by atoms with E-state index in [4.69, 9.17) is 5.11 Å². The maximum Gasteiger partial charge on any atom is 0.304 e. The summed E-state index contributed by atoms with van der Waals surface area (Å²) < 4.78 is 1.05. The molecule has 1 amide bonds. The number of hydrogen-bond donors (Lipinski definition) is 1. The van der Waals surface area contributed by atoms with E-state index in [-0.39, 0.29) is 18.9 Å². The number of carboxylic acids is 1. The highest BCUT2D eigenvalue weighted by molar-refractivity contribution is 9.11. The maximum absolute atomic E-state index is 12.2. The van der Waals surface area contributed by atoms with Gasteiger partial charge >= 0.3 is 5.97 Å². The second-order valence-corrected chi connectivity index (χ2v) is 7.04. The molecule has 1 aromatic rings. The third-order valence-corrected chi connectivity index (χ3v) is 4.43. The van der Waals surface area contributed by atoms with Gasteiger partial charge in [-0.25, -0.2) is 0 Å². The lowest BCUT2D eigenvalue weighted by atomic mass is 10.3. The summed E-state index contributed by atoms with van der Waals surface area (Å²) in [7, 11) is 1.76. The van der Waals surface area contributed by atoms with Gasteiger partial charge in [-0.05, 0) is 42.0 Å². The second-order valence-electron chi connectivity index (χ2n) is 4.50. The third-order valence-electron chi connectivity index (χ3n) is 2.82. The monoisotopic (exact) mass is 362 g/mol. The molecule has 0 unspecified atom stereocenters. The first-order valence-electron chi connectivity index (χ1n) is 6.34. The lowest BCUT2D eigenvalue weighted by molar-refractivity contribution is -0.138. The van der Waals surface area contributed by atoms with Gasteiger partial charge in [0.25, 0.3) is 0 Å². The average Bonchev–Trinajstić information content (AvgIpc) is 2.79. The van der Waals surface area contributed by atoms with Crippen molar-refractivity contribution >= 4 is 39.1 Å². The van der Waals surface area contributed by atoms with Gasteiger partial charge in [0.1, 0.15) is 0 Å². The number of aliphatic carboxylic acids is 1. The molecule has 1 rings (SSSR count). The number of halogens is 1. The van der Waals surface area contributed by atoms with E-state index in [2.05, 4.69) is 15.9 Å². The molecule has 0 spiro atoms. The predicted molar refractivity (Wildman–Crippen MR) is 82.9 cm³/mol. The molecule has 0 atom stereocenters. The largest absolute Gasteiger partial charge is 0.481 e. The van der Waals surface area contributed by atoms with E-state index >= 15 is 0 Å². The molecule has 0 aliphatic carbocycles. The van der Waals surface area contributed by atoms with Crippen LogP contribution >= 0.6 is 27.3 Å². The van der Waals surface area contributed by atoms with E-state index in [1.807, 2.05) is 19.1 Å². The Labute approximate surface area is 131 Å². The van der Waals surface area contributed by atoms with Gasteiger partial charge in [0, 0.05) is 18.0 Å². The molecule has 0 fully saturated rings. The number of carbonyl (C=O) groups excluding carboxylic acids is 1. The second kappa shape index (κ2) is 8.39. The van der Waals surface area contributed by atoms with Crippen molar-refractivity contribution in [3.63, 3.8) is 0 Å². The summed E-state index contributed by atoms with van der Waals surface area (Å²) in [6.45, 7) is 3.80. The fourth-order valence-corrected chi connectivity index (χ4v) is 3.20. The lowest BCUT2D eigenvalue weighted by Gasteiger charge is -2.23. The maximum atomic E-state index is 12.2. The van der Waals surface area contributed by atoms with E-state index in [1.165, 1.54) is 0 Å². The molecule has 5 nitrogen and oxygen atoms in total. The topological polar surface area (TPSA) is 60.9 Å². The summed E-state index contributed by atoms with van der Waals surface area (Å²) in [5, 5.41) is 8.62. The summed E-state index contributed by atoms with van der Waals surface area (Å²) in [6, 6.07) is 3.97. The Morgan fingerprint density at radius 1 is 1.40 bits per heavy atom. The minimum atomic E-state index is -0.847. The zero-order valence-corrected chi connectivity index (χ0v) is 14.0. The van der Waals surface area contributed by atoms with Gasteiger partial charge in [-0.2, -0.15) is 0 Å². The van der Waals surface area contributed by atoms with Crippen LogP contribution in [0.1, 0.15) is 18.2 Å². The van der Waals surface area contributed by atoms with Crippen LogP contribution in [-0.2, 0) is 16.1 Å². The first-order chi connectivity index (χ1) is 9.42. The molecule has 0 aromatic carbocycles. The molecule has 0 bridgehead atoms. The molecular formula is C13H19BrN2O3S. The molecule has 0 saturated carbocycles. The smallest absolute Gasteiger partial charge is 0.304 e. The Bertz CT molecular complexity index is 464. The standard InChI is InChI=1S/C13H19BrN2O3S/c1-3-16(8-10-4-5-11(14)20-10)12(17)9-15(2)7-6-13(18)19/h4-5H,3,6-9H2,1-2H3,(H,18,19). The van der Waals surface area contributed by atoms with Crippen LogP contribution in [0.3, 0.4) is 0 Å². The van der Waals surface area contributed by atoms with E-state index in [9.17, 15) is 9.59 Å². The SMILES string of the molecule is CCN(Cc1ccc(Br)s1)C(=O)CN(C)CCC(=O)O. The quantitative estimate of drug-likeness (QED) is 0.770.